The van der Waals surface area contributed by atoms with Crippen molar-refractivity contribution >= 4 is 5.69 Å². The predicted molar refractivity (Wildman–Crippen MR) is 69.8 cm³/mol. The molecule has 0 saturated heterocycles. The van der Waals surface area contributed by atoms with Gasteiger partial charge in [0.05, 0.1) is 6.07 Å². The van der Waals surface area contributed by atoms with Crippen LogP contribution in [0.25, 0.3) is 0 Å². The van der Waals surface area contributed by atoms with Crippen LogP contribution in [-0.2, 0) is 6.54 Å². The molecule has 0 amide bonds. The third kappa shape index (κ3) is 3.21. The van der Waals surface area contributed by atoms with Crippen molar-refractivity contribution in [3.05, 3.63) is 29.8 Å². The van der Waals surface area contributed by atoms with Gasteiger partial charge in [0.15, 0.2) is 0 Å². The lowest BCUT2D eigenvalue weighted by Crippen LogP contribution is -2.29. The normalized spacial score (nSPS) is 14.9. The summed E-state index contributed by atoms with van der Waals surface area (Å²) in [5.74, 6) is 0. The molecule has 0 fully saturated rings. The summed E-state index contributed by atoms with van der Waals surface area (Å²) in [6.07, 6.45) is 2.78. The van der Waals surface area contributed by atoms with Gasteiger partial charge >= 0.3 is 0 Å². The van der Waals surface area contributed by atoms with Crippen LogP contribution in [0.15, 0.2) is 24.3 Å². The van der Waals surface area contributed by atoms with Gasteiger partial charge in [-0.1, -0.05) is 18.2 Å². The Morgan fingerprint density at radius 2 is 2.18 bits per heavy atom. The van der Waals surface area contributed by atoms with E-state index in [1.54, 1.807) is 0 Å². The van der Waals surface area contributed by atoms with E-state index in [1.165, 1.54) is 11.3 Å². The molecule has 2 rings (SSSR count). The largest absolute Gasteiger partial charge is 0.370 e. The molecule has 0 aromatic heterocycles. The summed E-state index contributed by atoms with van der Waals surface area (Å²) in [6, 6.07) is 10.8. The molecule has 0 atom stereocenters. The van der Waals surface area contributed by atoms with Crippen molar-refractivity contribution in [2.45, 2.75) is 25.8 Å². The lowest BCUT2D eigenvalue weighted by Gasteiger charge is -2.24. The topological polar surface area (TPSA) is 39.1 Å². The summed E-state index contributed by atoms with van der Waals surface area (Å²) >= 11 is 0. The molecule has 1 heterocycles. The Hall–Kier alpha value is -1.53. The highest BCUT2D eigenvalue weighted by Gasteiger charge is 2.13. The van der Waals surface area contributed by atoms with E-state index >= 15 is 0 Å². The summed E-state index contributed by atoms with van der Waals surface area (Å²) in [5, 5.41) is 12.0. The summed E-state index contributed by atoms with van der Waals surface area (Å²) in [6.45, 7) is 4.11. The van der Waals surface area contributed by atoms with Crippen LogP contribution in [0.5, 0.6) is 0 Å². The maximum atomic E-state index is 8.53. The molecule has 0 aliphatic carbocycles. The minimum absolute atomic E-state index is 0.674. The predicted octanol–water partition coefficient (Wildman–Crippen LogP) is 2.29. The lowest BCUT2D eigenvalue weighted by molar-refractivity contribution is 0.661. The first-order valence-electron chi connectivity index (χ1n) is 6.32. The van der Waals surface area contributed by atoms with Gasteiger partial charge in [-0.3, -0.25) is 0 Å². The van der Waals surface area contributed by atoms with E-state index in [1.807, 2.05) is 0 Å². The first-order valence-corrected chi connectivity index (χ1v) is 6.32. The van der Waals surface area contributed by atoms with Gasteiger partial charge in [0, 0.05) is 38.3 Å². The maximum Gasteiger partial charge on any atom is 0.0621 e. The highest BCUT2D eigenvalue weighted by molar-refractivity contribution is 5.54. The van der Waals surface area contributed by atoms with Crippen molar-refractivity contribution < 1.29 is 0 Å². The van der Waals surface area contributed by atoms with E-state index in [4.69, 9.17) is 5.26 Å². The molecular formula is C14H19N3. The number of rotatable bonds is 4. The Bertz CT molecular complexity index is 395. The van der Waals surface area contributed by atoms with Crippen molar-refractivity contribution in [3.8, 4) is 6.07 Å². The summed E-state index contributed by atoms with van der Waals surface area (Å²) in [7, 11) is 0. The maximum absolute atomic E-state index is 8.53. The zero-order chi connectivity index (χ0) is 11.9. The average Bonchev–Trinajstić information content (AvgIpc) is 2.57. The van der Waals surface area contributed by atoms with E-state index in [9.17, 15) is 0 Å². The molecule has 90 valence electrons. The van der Waals surface area contributed by atoms with Crippen LogP contribution in [0.2, 0.25) is 0 Å². The lowest BCUT2D eigenvalue weighted by atomic mass is 10.1. The Morgan fingerprint density at radius 1 is 1.29 bits per heavy atom. The molecule has 1 aromatic carbocycles. The molecule has 3 nitrogen and oxygen atoms in total. The van der Waals surface area contributed by atoms with Gasteiger partial charge < -0.3 is 10.2 Å². The molecule has 1 aliphatic rings. The van der Waals surface area contributed by atoms with Crippen LogP contribution in [0.3, 0.4) is 0 Å². The highest BCUT2D eigenvalue weighted by atomic mass is 15.2. The zero-order valence-corrected chi connectivity index (χ0v) is 10.2. The monoisotopic (exact) mass is 229 g/mol. The zero-order valence-electron chi connectivity index (χ0n) is 10.2. The van der Waals surface area contributed by atoms with Gasteiger partial charge in [0.1, 0.15) is 0 Å². The van der Waals surface area contributed by atoms with E-state index in [-0.39, 0.29) is 0 Å². The number of hydrogen-bond donors (Lipinski definition) is 1. The summed E-state index contributed by atoms with van der Waals surface area (Å²) in [5.41, 5.74) is 2.74. The fraction of sp³-hybridized carbons (Fsp3) is 0.500. The molecule has 17 heavy (non-hydrogen) atoms. The van der Waals surface area contributed by atoms with Gasteiger partial charge in [0.25, 0.3) is 0 Å². The van der Waals surface area contributed by atoms with Crippen LogP contribution in [0.1, 0.15) is 24.8 Å². The molecular weight excluding hydrogens is 210 g/mol. The molecule has 0 spiro atoms. The van der Waals surface area contributed by atoms with E-state index in [0.29, 0.717) is 6.42 Å². The SMILES string of the molecule is N#CCCCCN1CCNCc2ccccc21. The number of fused-ring (bicyclic) bond motifs is 1. The summed E-state index contributed by atoms with van der Waals surface area (Å²) in [4.78, 5) is 2.44. The van der Waals surface area contributed by atoms with Gasteiger partial charge in [-0.2, -0.15) is 5.26 Å². The first kappa shape index (κ1) is 11.9. The third-order valence-electron chi connectivity index (χ3n) is 3.17. The molecule has 0 bridgehead atoms. The molecule has 1 aromatic rings. The van der Waals surface area contributed by atoms with Gasteiger partial charge in [-0.15, -0.1) is 0 Å². The molecule has 0 radical (unpaired) electrons. The Labute approximate surface area is 103 Å². The highest BCUT2D eigenvalue weighted by Crippen LogP contribution is 2.22. The van der Waals surface area contributed by atoms with Crippen LogP contribution < -0.4 is 10.2 Å². The fourth-order valence-electron chi connectivity index (χ4n) is 2.27. The van der Waals surface area contributed by atoms with Crippen LogP contribution >= 0.6 is 0 Å². The molecule has 0 unspecified atom stereocenters. The average molecular weight is 229 g/mol. The Balaban J connectivity index is 1.99. The minimum atomic E-state index is 0.674. The van der Waals surface area contributed by atoms with Crippen LogP contribution in [0.4, 0.5) is 5.69 Å². The van der Waals surface area contributed by atoms with E-state index in [2.05, 4.69) is 40.6 Å². The quantitative estimate of drug-likeness (QED) is 0.805. The number of nitrogens with one attached hydrogen (secondary N) is 1. The number of hydrogen-bond acceptors (Lipinski definition) is 3. The molecule has 3 heteroatoms. The van der Waals surface area contributed by atoms with Crippen molar-refractivity contribution in [1.82, 2.24) is 5.32 Å². The Morgan fingerprint density at radius 3 is 3.06 bits per heavy atom. The summed E-state index contributed by atoms with van der Waals surface area (Å²) < 4.78 is 0. The van der Waals surface area contributed by atoms with Crippen molar-refractivity contribution in [2.75, 3.05) is 24.5 Å². The number of nitrogens with zero attached hydrogens (tertiary/aromatic N) is 2. The standard InChI is InChI=1S/C14H19N3/c15-8-4-1-5-10-17-11-9-16-12-13-6-2-3-7-14(13)17/h2-3,6-7,16H,1,4-5,9-12H2. The minimum Gasteiger partial charge on any atom is -0.370 e. The fourth-order valence-corrected chi connectivity index (χ4v) is 2.27. The first-order chi connectivity index (χ1) is 8.42. The van der Waals surface area contributed by atoms with Gasteiger partial charge in [-0.25, -0.2) is 0 Å². The number of nitriles is 1. The van der Waals surface area contributed by atoms with Crippen LogP contribution in [0, 0.1) is 11.3 Å². The number of benzene rings is 1. The van der Waals surface area contributed by atoms with Crippen molar-refractivity contribution in [1.29, 1.82) is 5.26 Å². The molecule has 1 aliphatic heterocycles. The second kappa shape index (κ2) is 6.27. The third-order valence-corrected chi connectivity index (χ3v) is 3.17. The smallest absolute Gasteiger partial charge is 0.0621 e. The number of anilines is 1. The number of unbranched alkanes of at least 4 members (excludes halogenated alkanes) is 2. The van der Waals surface area contributed by atoms with Gasteiger partial charge in [0.2, 0.25) is 0 Å². The second-order valence-corrected chi connectivity index (χ2v) is 4.41. The number of para-hydroxylation sites is 1. The molecule has 1 N–H and O–H groups in total. The Kier molecular flexibility index (Phi) is 4.40. The van der Waals surface area contributed by atoms with Gasteiger partial charge in [-0.05, 0) is 24.5 Å². The van der Waals surface area contributed by atoms with E-state index in [0.717, 1.165) is 39.0 Å². The van der Waals surface area contributed by atoms with Crippen LogP contribution in [-0.4, -0.2) is 19.6 Å². The van der Waals surface area contributed by atoms with Crippen molar-refractivity contribution in [3.63, 3.8) is 0 Å². The van der Waals surface area contributed by atoms with Crippen molar-refractivity contribution in [2.24, 2.45) is 0 Å². The molecule has 0 saturated carbocycles. The van der Waals surface area contributed by atoms with E-state index < -0.39 is 0 Å². The second-order valence-electron chi connectivity index (χ2n) is 4.41.